The largest absolute Gasteiger partial charge is 0.309 e. The zero-order chi connectivity index (χ0) is 14.7. The number of anilines is 3. The van der Waals surface area contributed by atoms with Gasteiger partial charge in [-0.25, -0.2) is 0 Å². The van der Waals surface area contributed by atoms with Gasteiger partial charge >= 0.3 is 0 Å². The lowest BCUT2D eigenvalue weighted by molar-refractivity contribution is 1.000. The molecule has 0 atom stereocenters. The van der Waals surface area contributed by atoms with E-state index in [0.29, 0.717) is 0 Å². The lowest BCUT2D eigenvalue weighted by atomic mass is 9.84. The van der Waals surface area contributed by atoms with Crippen LogP contribution in [0.5, 0.6) is 0 Å². The van der Waals surface area contributed by atoms with Gasteiger partial charge in [0.15, 0.2) is 0 Å². The number of hydrogen-bond acceptors (Lipinski definition) is 1. The summed E-state index contributed by atoms with van der Waals surface area (Å²) < 4.78 is 0. The van der Waals surface area contributed by atoms with Crippen molar-refractivity contribution in [3.8, 4) is 0 Å². The Kier molecular flexibility index (Phi) is 2.32. The number of benzene rings is 3. The van der Waals surface area contributed by atoms with Gasteiger partial charge in [-0.05, 0) is 46.9 Å². The molecule has 0 unspecified atom stereocenters. The lowest BCUT2D eigenvalue weighted by Gasteiger charge is -2.40. The smallest absolute Gasteiger partial charge is 0.0535 e. The molecule has 1 heteroatoms. The van der Waals surface area contributed by atoms with Crippen molar-refractivity contribution in [2.75, 3.05) is 4.90 Å². The Morgan fingerprint density at radius 2 is 1.32 bits per heavy atom. The predicted molar refractivity (Wildman–Crippen MR) is 91.5 cm³/mol. The molecule has 0 spiro atoms. The fraction of sp³-hybridized carbons (Fsp3) is 0.143. The highest BCUT2D eigenvalue weighted by Gasteiger charge is 2.31. The summed E-state index contributed by atoms with van der Waals surface area (Å²) in [5.74, 6) is 0. The van der Waals surface area contributed by atoms with Crippen molar-refractivity contribution in [2.24, 2.45) is 0 Å². The Bertz CT molecular complexity index is 897. The van der Waals surface area contributed by atoms with Crippen LogP contribution in [-0.2, 0) is 12.8 Å². The van der Waals surface area contributed by atoms with Crippen LogP contribution in [0, 0.1) is 6.92 Å². The molecule has 0 aliphatic carbocycles. The van der Waals surface area contributed by atoms with Gasteiger partial charge in [-0.15, -0.1) is 0 Å². The van der Waals surface area contributed by atoms with Gasteiger partial charge < -0.3 is 4.90 Å². The molecule has 0 N–H and O–H groups in total. The third kappa shape index (κ3) is 1.48. The minimum atomic E-state index is 1.04. The summed E-state index contributed by atoms with van der Waals surface area (Å²) in [6, 6.07) is 22.2. The zero-order valence-corrected chi connectivity index (χ0v) is 12.6. The van der Waals surface area contributed by atoms with Gasteiger partial charge in [-0.2, -0.15) is 0 Å². The Morgan fingerprint density at radius 3 is 2.05 bits per heavy atom. The van der Waals surface area contributed by atoms with Crippen molar-refractivity contribution in [2.45, 2.75) is 19.8 Å². The molecule has 0 fully saturated rings. The minimum Gasteiger partial charge on any atom is -0.309 e. The molecule has 2 aliphatic rings. The van der Waals surface area contributed by atoms with E-state index < -0.39 is 0 Å². The fourth-order valence-corrected chi connectivity index (χ4v) is 3.95. The van der Waals surface area contributed by atoms with Gasteiger partial charge in [0.2, 0.25) is 0 Å². The maximum Gasteiger partial charge on any atom is 0.0535 e. The molecule has 0 aromatic heterocycles. The van der Waals surface area contributed by atoms with E-state index in [0.717, 1.165) is 12.8 Å². The van der Waals surface area contributed by atoms with E-state index in [2.05, 4.69) is 72.5 Å². The number of fused-ring (bicyclic) bond motifs is 4. The molecule has 0 saturated heterocycles. The summed E-state index contributed by atoms with van der Waals surface area (Å²) in [4.78, 5) is 2.48. The van der Waals surface area contributed by atoms with Crippen molar-refractivity contribution in [3.05, 3.63) is 88.5 Å². The number of nitrogens with zero attached hydrogens (tertiary/aromatic N) is 1. The van der Waals surface area contributed by atoms with E-state index >= 15 is 0 Å². The highest BCUT2D eigenvalue weighted by Crippen LogP contribution is 2.50. The summed E-state index contributed by atoms with van der Waals surface area (Å²) >= 11 is 0. The van der Waals surface area contributed by atoms with Crippen LogP contribution in [0.2, 0.25) is 0 Å². The maximum atomic E-state index is 2.48. The Morgan fingerprint density at radius 1 is 0.682 bits per heavy atom. The number of aryl methyl sites for hydroxylation is 1. The maximum absolute atomic E-state index is 2.48. The fourth-order valence-electron chi connectivity index (χ4n) is 3.95. The van der Waals surface area contributed by atoms with Crippen LogP contribution in [0.15, 0.2) is 60.7 Å². The average Bonchev–Trinajstić information content (AvgIpc) is 2.57. The second kappa shape index (κ2) is 4.23. The van der Waals surface area contributed by atoms with E-state index in [1.807, 2.05) is 0 Å². The summed E-state index contributed by atoms with van der Waals surface area (Å²) in [6.07, 6.45) is 2.08. The summed E-state index contributed by atoms with van der Waals surface area (Å²) in [5.41, 5.74) is 11.3. The molecule has 2 heterocycles. The van der Waals surface area contributed by atoms with E-state index in [1.54, 1.807) is 0 Å². The molecule has 0 radical (unpaired) electrons. The standard InChI is InChI=1S/C21H17N/c1-14-10-11-17-12-15-6-2-4-8-19(15)22-20-9-5-3-7-16(20)13-18(14)21(17)22/h2-11H,12-13H2,1H3. The highest BCUT2D eigenvalue weighted by atomic mass is 15.2. The minimum absolute atomic E-state index is 1.04. The first-order chi connectivity index (χ1) is 10.8. The normalized spacial score (nSPS) is 14.1. The molecule has 3 aromatic rings. The molecule has 5 rings (SSSR count). The molecule has 0 amide bonds. The summed E-state index contributed by atoms with van der Waals surface area (Å²) in [5, 5.41) is 0. The van der Waals surface area contributed by atoms with Crippen molar-refractivity contribution in [3.63, 3.8) is 0 Å². The average molecular weight is 283 g/mol. The SMILES string of the molecule is Cc1ccc2c3c1Cc1ccccc1N3c1ccccc1C2. The van der Waals surface area contributed by atoms with E-state index in [9.17, 15) is 0 Å². The summed E-state index contributed by atoms with van der Waals surface area (Å²) in [6.45, 7) is 2.24. The second-order valence-electron chi connectivity index (χ2n) is 6.32. The van der Waals surface area contributed by atoms with Crippen LogP contribution in [0.25, 0.3) is 0 Å². The van der Waals surface area contributed by atoms with Gasteiger partial charge in [0.25, 0.3) is 0 Å². The van der Waals surface area contributed by atoms with Crippen LogP contribution in [0.3, 0.4) is 0 Å². The van der Waals surface area contributed by atoms with Gasteiger partial charge in [-0.1, -0.05) is 48.5 Å². The van der Waals surface area contributed by atoms with Gasteiger partial charge in [0, 0.05) is 24.2 Å². The molecule has 3 aromatic carbocycles. The van der Waals surface area contributed by atoms with Crippen molar-refractivity contribution in [1.29, 1.82) is 0 Å². The van der Waals surface area contributed by atoms with E-state index in [-0.39, 0.29) is 0 Å². The summed E-state index contributed by atoms with van der Waals surface area (Å²) in [7, 11) is 0. The second-order valence-corrected chi connectivity index (χ2v) is 6.32. The molecule has 2 aliphatic heterocycles. The third-order valence-electron chi connectivity index (χ3n) is 5.04. The Labute approximate surface area is 130 Å². The van der Waals surface area contributed by atoms with Crippen LogP contribution >= 0.6 is 0 Å². The molecule has 22 heavy (non-hydrogen) atoms. The van der Waals surface area contributed by atoms with Crippen molar-refractivity contribution >= 4 is 17.1 Å². The van der Waals surface area contributed by atoms with E-state index in [1.165, 1.54) is 44.9 Å². The van der Waals surface area contributed by atoms with Gasteiger partial charge in [-0.3, -0.25) is 0 Å². The molecular weight excluding hydrogens is 266 g/mol. The van der Waals surface area contributed by atoms with Gasteiger partial charge in [0.1, 0.15) is 0 Å². The Hall–Kier alpha value is -2.54. The molecular formula is C21H17N. The molecule has 0 saturated carbocycles. The quantitative estimate of drug-likeness (QED) is 0.374. The van der Waals surface area contributed by atoms with Crippen LogP contribution in [0.4, 0.5) is 17.1 Å². The zero-order valence-electron chi connectivity index (χ0n) is 12.6. The molecule has 0 bridgehead atoms. The lowest BCUT2D eigenvalue weighted by Crippen LogP contribution is -2.25. The first kappa shape index (κ1) is 12.0. The van der Waals surface area contributed by atoms with Crippen LogP contribution in [-0.4, -0.2) is 0 Å². The van der Waals surface area contributed by atoms with E-state index in [4.69, 9.17) is 0 Å². The van der Waals surface area contributed by atoms with Crippen LogP contribution < -0.4 is 4.90 Å². The predicted octanol–water partition coefficient (Wildman–Crippen LogP) is 5.27. The number of hydrogen-bond donors (Lipinski definition) is 0. The number of rotatable bonds is 0. The van der Waals surface area contributed by atoms with Crippen LogP contribution in [0.1, 0.15) is 27.8 Å². The third-order valence-corrected chi connectivity index (χ3v) is 5.04. The molecule has 1 nitrogen and oxygen atoms in total. The first-order valence-electron chi connectivity index (χ1n) is 7.90. The first-order valence-corrected chi connectivity index (χ1v) is 7.90. The molecule has 106 valence electrons. The van der Waals surface area contributed by atoms with Crippen molar-refractivity contribution < 1.29 is 0 Å². The highest BCUT2D eigenvalue weighted by molar-refractivity contribution is 5.89. The Balaban J connectivity index is 1.89. The van der Waals surface area contributed by atoms with Gasteiger partial charge in [0.05, 0.1) is 5.69 Å². The topological polar surface area (TPSA) is 3.24 Å². The number of para-hydroxylation sites is 2. The monoisotopic (exact) mass is 283 g/mol. The van der Waals surface area contributed by atoms with Crippen molar-refractivity contribution in [1.82, 2.24) is 0 Å².